The minimum absolute atomic E-state index is 0.00267. The molecular weight excluding hydrogens is 610 g/mol. The quantitative estimate of drug-likeness (QED) is 0.236. The van der Waals surface area contributed by atoms with Crippen molar-refractivity contribution in [3.05, 3.63) is 104 Å². The first kappa shape index (κ1) is 31.2. The number of carbonyl (C=O) groups is 3. The fraction of sp³-hybridized carbons (Fsp3) is 0.314. The highest BCUT2D eigenvalue weighted by atomic mass is 35.5. The Bertz CT molecular complexity index is 1850. The lowest BCUT2D eigenvalue weighted by Gasteiger charge is -2.35. The van der Waals surface area contributed by atoms with Gasteiger partial charge in [-0.1, -0.05) is 48.0 Å². The molecule has 0 bridgehead atoms. The standard InChI is InChI=1S/C35H34ClN3O7/c36-24-9-7-21(8-10-24)16-27(37-34(44)32-18-28(40)26-17-29(41)30(42)19-31(26)46-32)35(45)38-14-11-22(12-15-38)25-5-2-1-4-23(25)20-39-13-3-6-33(39)43/h1-2,4-5,7-10,17-19,22,27,41-42H,3,6,11-16,20H2,(H,37,44)/t27-/m0/s1. The number of phenolic OH excluding ortho intramolecular Hbond substituents is 2. The van der Waals surface area contributed by atoms with Gasteiger partial charge in [0.05, 0.1) is 5.39 Å². The summed E-state index contributed by atoms with van der Waals surface area (Å²) in [5.41, 5.74) is 2.45. The van der Waals surface area contributed by atoms with Crippen molar-refractivity contribution in [2.24, 2.45) is 0 Å². The molecule has 238 valence electrons. The third kappa shape index (κ3) is 6.72. The smallest absolute Gasteiger partial charge is 0.287 e. The molecule has 0 saturated carbocycles. The molecule has 2 saturated heterocycles. The number of halogens is 1. The number of hydrogen-bond acceptors (Lipinski definition) is 7. The van der Waals surface area contributed by atoms with Crippen LogP contribution in [0.1, 0.15) is 58.8 Å². The second kappa shape index (κ2) is 13.3. The van der Waals surface area contributed by atoms with E-state index in [0.717, 1.165) is 55.1 Å². The predicted octanol–water partition coefficient (Wildman–Crippen LogP) is 4.73. The number of carbonyl (C=O) groups excluding carboxylic acids is 3. The van der Waals surface area contributed by atoms with Gasteiger partial charge in [-0.15, -0.1) is 0 Å². The first-order valence-electron chi connectivity index (χ1n) is 15.4. The molecule has 3 aromatic carbocycles. The summed E-state index contributed by atoms with van der Waals surface area (Å²) < 4.78 is 5.61. The monoisotopic (exact) mass is 643 g/mol. The molecule has 4 aromatic rings. The van der Waals surface area contributed by atoms with E-state index in [1.54, 1.807) is 29.2 Å². The van der Waals surface area contributed by atoms with Crippen molar-refractivity contribution in [2.75, 3.05) is 19.6 Å². The Morgan fingerprint density at radius 3 is 2.39 bits per heavy atom. The zero-order valence-electron chi connectivity index (χ0n) is 25.1. The summed E-state index contributed by atoms with van der Waals surface area (Å²) in [5.74, 6) is -1.93. The molecule has 1 atom stereocenters. The zero-order chi connectivity index (χ0) is 32.4. The van der Waals surface area contributed by atoms with Crippen LogP contribution in [0.25, 0.3) is 11.0 Å². The number of likely N-dealkylation sites (tertiary alicyclic amines) is 2. The van der Waals surface area contributed by atoms with Crippen molar-refractivity contribution in [3.8, 4) is 11.5 Å². The lowest BCUT2D eigenvalue weighted by molar-refractivity contribution is -0.134. The van der Waals surface area contributed by atoms with Crippen LogP contribution in [-0.2, 0) is 22.6 Å². The first-order valence-corrected chi connectivity index (χ1v) is 15.7. The second-order valence-corrected chi connectivity index (χ2v) is 12.3. The number of phenols is 2. The van der Waals surface area contributed by atoms with Gasteiger partial charge in [0.1, 0.15) is 11.6 Å². The van der Waals surface area contributed by atoms with Crippen LogP contribution < -0.4 is 10.7 Å². The Kier molecular flexibility index (Phi) is 8.99. The summed E-state index contributed by atoms with van der Waals surface area (Å²) in [7, 11) is 0. The highest BCUT2D eigenvalue weighted by Crippen LogP contribution is 2.32. The molecule has 0 aliphatic carbocycles. The molecule has 6 rings (SSSR count). The summed E-state index contributed by atoms with van der Waals surface area (Å²) in [6.45, 7) is 2.34. The Balaban J connectivity index is 1.19. The summed E-state index contributed by atoms with van der Waals surface area (Å²) in [6, 6.07) is 17.3. The number of aromatic hydroxyl groups is 2. The SMILES string of the molecule is O=C(N[C@@H](Cc1ccc(Cl)cc1)C(=O)N1CCC(c2ccccc2CN2CCCC2=O)CC1)c1cc(=O)c2cc(O)c(O)cc2o1. The third-order valence-electron chi connectivity index (χ3n) is 8.84. The van der Waals surface area contributed by atoms with Crippen molar-refractivity contribution in [2.45, 2.75) is 50.6 Å². The molecule has 2 aliphatic heterocycles. The van der Waals surface area contributed by atoms with Crippen LogP contribution in [0.15, 0.2) is 75.9 Å². The number of amides is 3. The van der Waals surface area contributed by atoms with E-state index in [9.17, 15) is 29.4 Å². The maximum absolute atomic E-state index is 14.0. The van der Waals surface area contributed by atoms with Gasteiger partial charge in [0.25, 0.3) is 5.91 Å². The van der Waals surface area contributed by atoms with E-state index in [0.29, 0.717) is 31.1 Å². The molecule has 2 aliphatic rings. The topological polar surface area (TPSA) is 140 Å². The third-order valence-corrected chi connectivity index (χ3v) is 9.09. The summed E-state index contributed by atoms with van der Waals surface area (Å²) in [5, 5.41) is 22.9. The second-order valence-electron chi connectivity index (χ2n) is 11.9. The normalized spacial score (nSPS) is 16.2. The Hall–Kier alpha value is -4.83. The number of hydrogen-bond donors (Lipinski definition) is 3. The van der Waals surface area contributed by atoms with Crippen LogP contribution in [0.4, 0.5) is 0 Å². The van der Waals surface area contributed by atoms with Crippen LogP contribution in [0.2, 0.25) is 5.02 Å². The Morgan fingerprint density at radius 2 is 1.67 bits per heavy atom. The van der Waals surface area contributed by atoms with E-state index in [1.807, 2.05) is 17.0 Å². The minimum Gasteiger partial charge on any atom is -0.504 e. The number of nitrogens with zero attached hydrogens (tertiary/aromatic N) is 2. The molecule has 11 heteroatoms. The van der Waals surface area contributed by atoms with Gasteiger partial charge in [-0.25, -0.2) is 0 Å². The van der Waals surface area contributed by atoms with Crippen LogP contribution in [0, 0.1) is 0 Å². The van der Waals surface area contributed by atoms with Gasteiger partial charge in [-0.3, -0.25) is 19.2 Å². The van der Waals surface area contributed by atoms with E-state index in [2.05, 4.69) is 17.4 Å². The Morgan fingerprint density at radius 1 is 0.957 bits per heavy atom. The molecule has 3 heterocycles. The molecule has 0 radical (unpaired) electrons. The molecule has 46 heavy (non-hydrogen) atoms. The highest BCUT2D eigenvalue weighted by molar-refractivity contribution is 6.30. The lowest BCUT2D eigenvalue weighted by atomic mass is 9.86. The van der Waals surface area contributed by atoms with Gasteiger partial charge < -0.3 is 29.7 Å². The number of piperidine rings is 1. The van der Waals surface area contributed by atoms with E-state index in [1.165, 1.54) is 5.56 Å². The molecular formula is C35H34ClN3O7. The summed E-state index contributed by atoms with van der Waals surface area (Å²) in [6.07, 6.45) is 3.12. The molecule has 0 spiro atoms. The average Bonchev–Trinajstić information content (AvgIpc) is 3.46. The number of nitrogens with one attached hydrogen (secondary N) is 1. The van der Waals surface area contributed by atoms with Crippen molar-refractivity contribution < 1.29 is 29.0 Å². The molecule has 1 aromatic heterocycles. The maximum Gasteiger partial charge on any atom is 0.287 e. The van der Waals surface area contributed by atoms with E-state index >= 15 is 0 Å². The minimum atomic E-state index is -0.965. The van der Waals surface area contributed by atoms with E-state index < -0.39 is 28.9 Å². The van der Waals surface area contributed by atoms with Crippen molar-refractivity contribution >= 4 is 40.3 Å². The fourth-order valence-electron chi connectivity index (χ4n) is 6.36. The Labute approximate surface area is 270 Å². The van der Waals surface area contributed by atoms with Gasteiger partial charge in [0, 0.05) is 56.2 Å². The highest BCUT2D eigenvalue weighted by Gasteiger charge is 2.32. The van der Waals surface area contributed by atoms with Crippen LogP contribution in [-0.4, -0.2) is 63.4 Å². The lowest BCUT2D eigenvalue weighted by Crippen LogP contribution is -2.51. The van der Waals surface area contributed by atoms with E-state index in [-0.39, 0.29) is 40.9 Å². The van der Waals surface area contributed by atoms with Gasteiger partial charge in [0.15, 0.2) is 22.7 Å². The largest absolute Gasteiger partial charge is 0.504 e. The predicted molar refractivity (Wildman–Crippen MR) is 172 cm³/mol. The number of rotatable bonds is 8. The summed E-state index contributed by atoms with van der Waals surface area (Å²) >= 11 is 6.07. The van der Waals surface area contributed by atoms with Crippen LogP contribution in [0.5, 0.6) is 11.5 Å². The molecule has 3 amide bonds. The molecule has 3 N–H and O–H groups in total. The number of benzene rings is 3. The van der Waals surface area contributed by atoms with Gasteiger partial charge in [-0.05, 0) is 60.1 Å². The van der Waals surface area contributed by atoms with Crippen LogP contribution in [0.3, 0.4) is 0 Å². The maximum atomic E-state index is 14.0. The molecule has 10 nitrogen and oxygen atoms in total. The van der Waals surface area contributed by atoms with Crippen molar-refractivity contribution in [1.29, 1.82) is 0 Å². The zero-order valence-corrected chi connectivity index (χ0v) is 25.8. The molecule has 2 fully saturated rings. The van der Waals surface area contributed by atoms with Crippen molar-refractivity contribution in [1.82, 2.24) is 15.1 Å². The van der Waals surface area contributed by atoms with E-state index in [4.69, 9.17) is 16.0 Å². The summed E-state index contributed by atoms with van der Waals surface area (Å²) in [4.78, 5) is 56.0. The molecule has 0 unspecified atom stereocenters. The first-order chi connectivity index (χ1) is 22.2. The number of fused-ring (bicyclic) bond motifs is 1. The van der Waals surface area contributed by atoms with Gasteiger partial charge >= 0.3 is 0 Å². The van der Waals surface area contributed by atoms with Gasteiger partial charge in [-0.2, -0.15) is 0 Å². The van der Waals surface area contributed by atoms with Gasteiger partial charge in [0.2, 0.25) is 11.8 Å². The van der Waals surface area contributed by atoms with Crippen molar-refractivity contribution in [3.63, 3.8) is 0 Å². The van der Waals surface area contributed by atoms with Crippen LogP contribution >= 0.6 is 11.6 Å². The average molecular weight is 644 g/mol. The fourth-order valence-corrected chi connectivity index (χ4v) is 6.49.